The lowest BCUT2D eigenvalue weighted by Gasteiger charge is -2.08. The second-order valence-corrected chi connectivity index (χ2v) is 2.74. The summed E-state index contributed by atoms with van der Waals surface area (Å²) in [5.74, 6) is 0.201. The first kappa shape index (κ1) is 10.4. The highest BCUT2D eigenvalue weighted by Crippen LogP contribution is 2.31. The van der Waals surface area contributed by atoms with E-state index in [0.29, 0.717) is 0 Å². The summed E-state index contributed by atoms with van der Waals surface area (Å²) in [5.41, 5.74) is -0.528. The fraction of sp³-hybridized carbons (Fsp3) is 0.250. The van der Waals surface area contributed by atoms with Crippen molar-refractivity contribution in [2.45, 2.75) is 6.18 Å². The van der Waals surface area contributed by atoms with Crippen molar-refractivity contribution in [1.29, 1.82) is 0 Å². The average Bonchev–Trinajstić information content (AvgIpc) is 2.04. The normalized spacial score (nSPS) is 11.4. The van der Waals surface area contributed by atoms with Crippen LogP contribution < -0.4 is 4.74 Å². The van der Waals surface area contributed by atoms with Crippen molar-refractivity contribution in [1.82, 2.24) is 0 Å². The van der Waals surface area contributed by atoms with Crippen LogP contribution in [-0.4, -0.2) is 5.52 Å². The van der Waals surface area contributed by atoms with Crippen LogP contribution in [0.2, 0.25) is 0 Å². The standard InChI is InChI=1S/C8H6BrF3O/c9-5-13-7-3-1-2-6(4-7)8(10,11)12/h1-4H,5H2. The molecular formula is C8H6BrF3O. The lowest BCUT2D eigenvalue weighted by molar-refractivity contribution is -0.137. The minimum absolute atomic E-state index is 0.175. The summed E-state index contributed by atoms with van der Waals surface area (Å²) in [4.78, 5) is 0. The van der Waals surface area contributed by atoms with Gasteiger partial charge in [-0.1, -0.05) is 6.07 Å². The van der Waals surface area contributed by atoms with Crippen molar-refractivity contribution in [3.05, 3.63) is 29.8 Å². The van der Waals surface area contributed by atoms with Crippen molar-refractivity contribution in [2.24, 2.45) is 0 Å². The van der Waals surface area contributed by atoms with E-state index in [1.165, 1.54) is 12.1 Å². The Morgan fingerprint density at radius 1 is 1.31 bits per heavy atom. The van der Waals surface area contributed by atoms with Gasteiger partial charge in [0.2, 0.25) is 0 Å². The smallest absolute Gasteiger partial charge is 0.416 e. The molecule has 0 fully saturated rings. The number of benzene rings is 1. The fourth-order valence-corrected chi connectivity index (χ4v) is 1.09. The van der Waals surface area contributed by atoms with Crippen LogP contribution in [0.1, 0.15) is 5.56 Å². The van der Waals surface area contributed by atoms with E-state index in [1.54, 1.807) is 0 Å². The Morgan fingerprint density at radius 2 is 2.00 bits per heavy atom. The minimum Gasteiger partial charge on any atom is -0.482 e. The fourth-order valence-electron chi connectivity index (χ4n) is 0.825. The highest BCUT2D eigenvalue weighted by atomic mass is 79.9. The largest absolute Gasteiger partial charge is 0.482 e. The number of halogens is 4. The van der Waals surface area contributed by atoms with Crippen molar-refractivity contribution >= 4 is 15.9 Å². The maximum atomic E-state index is 12.1. The van der Waals surface area contributed by atoms with E-state index < -0.39 is 11.7 Å². The number of hydrogen-bond donors (Lipinski definition) is 0. The van der Waals surface area contributed by atoms with Gasteiger partial charge in [0.05, 0.1) is 5.56 Å². The molecule has 1 aromatic carbocycles. The summed E-state index contributed by atoms with van der Waals surface area (Å²) in [7, 11) is 0. The molecule has 0 radical (unpaired) electrons. The summed E-state index contributed by atoms with van der Waals surface area (Å²) in [5, 5.41) is 0. The van der Waals surface area contributed by atoms with Crippen LogP contribution in [0.15, 0.2) is 24.3 Å². The van der Waals surface area contributed by atoms with Crippen LogP contribution in [-0.2, 0) is 6.18 Å². The maximum absolute atomic E-state index is 12.1. The van der Waals surface area contributed by atoms with Crippen LogP contribution >= 0.6 is 15.9 Å². The Bertz CT molecular complexity index is 285. The third-order valence-corrected chi connectivity index (χ3v) is 1.61. The van der Waals surface area contributed by atoms with E-state index in [2.05, 4.69) is 15.9 Å². The Labute approximate surface area is 81.6 Å². The van der Waals surface area contributed by atoms with Gasteiger partial charge < -0.3 is 4.74 Å². The molecule has 1 nitrogen and oxygen atoms in total. The Balaban J connectivity index is 2.92. The van der Waals surface area contributed by atoms with Crippen LogP contribution in [0.4, 0.5) is 13.2 Å². The lowest BCUT2D eigenvalue weighted by Crippen LogP contribution is -2.04. The second kappa shape index (κ2) is 4.00. The number of rotatable bonds is 2. The van der Waals surface area contributed by atoms with Crippen LogP contribution in [0, 0.1) is 0 Å². The van der Waals surface area contributed by atoms with Crippen molar-refractivity contribution in [2.75, 3.05) is 5.52 Å². The Hall–Kier alpha value is -0.710. The number of alkyl halides is 4. The van der Waals surface area contributed by atoms with Gasteiger partial charge in [0.15, 0.2) is 0 Å². The van der Waals surface area contributed by atoms with E-state index in [9.17, 15) is 13.2 Å². The Kier molecular flexibility index (Phi) is 3.19. The molecule has 72 valence electrons. The molecule has 0 heterocycles. The molecule has 0 bridgehead atoms. The van der Waals surface area contributed by atoms with Crippen LogP contribution in [0.5, 0.6) is 5.75 Å². The SMILES string of the molecule is FC(F)(F)c1cccc(OCBr)c1. The zero-order chi connectivity index (χ0) is 9.90. The first-order valence-corrected chi connectivity index (χ1v) is 4.52. The van der Waals surface area contributed by atoms with Gasteiger partial charge in [-0.05, 0) is 34.1 Å². The summed E-state index contributed by atoms with van der Waals surface area (Å²) in [6, 6.07) is 4.74. The predicted molar refractivity (Wildman–Crippen MR) is 45.9 cm³/mol. The molecule has 0 aromatic heterocycles. The van der Waals surface area contributed by atoms with Crippen LogP contribution in [0.3, 0.4) is 0 Å². The van der Waals surface area contributed by atoms with Crippen molar-refractivity contribution in [3.8, 4) is 5.75 Å². The highest BCUT2D eigenvalue weighted by Gasteiger charge is 2.30. The van der Waals surface area contributed by atoms with Crippen molar-refractivity contribution in [3.63, 3.8) is 0 Å². The van der Waals surface area contributed by atoms with Gasteiger partial charge in [-0.15, -0.1) is 0 Å². The molecule has 0 N–H and O–H groups in total. The van der Waals surface area contributed by atoms with Gasteiger partial charge in [-0.3, -0.25) is 0 Å². The summed E-state index contributed by atoms with van der Waals surface area (Å²) >= 11 is 2.96. The van der Waals surface area contributed by atoms with E-state index in [1.807, 2.05) is 0 Å². The first-order chi connectivity index (χ1) is 6.04. The molecule has 0 spiro atoms. The second-order valence-electron chi connectivity index (χ2n) is 2.28. The predicted octanol–water partition coefficient (Wildman–Crippen LogP) is 3.44. The number of hydrogen-bond acceptors (Lipinski definition) is 1. The van der Waals surface area contributed by atoms with Gasteiger partial charge in [0, 0.05) is 0 Å². The molecular weight excluding hydrogens is 249 g/mol. The van der Waals surface area contributed by atoms with Crippen molar-refractivity contribution < 1.29 is 17.9 Å². The molecule has 1 rings (SSSR count). The van der Waals surface area contributed by atoms with Crippen LogP contribution in [0.25, 0.3) is 0 Å². The first-order valence-electron chi connectivity index (χ1n) is 3.40. The third-order valence-electron chi connectivity index (χ3n) is 1.38. The number of ether oxygens (including phenoxy) is 1. The lowest BCUT2D eigenvalue weighted by atomic mass is 10.2. The van der Waals surface area contributed by atoms with Gasteiger partial charge in [-0.2, -0.15) is 13.2 Å². The average molecular weight is 255 g/mol. The topological polar surface area (TPSA) is 9.23 Å². The van der Waals surface area contributed by atoms with E-state index in [0.717, 1.165) is 12.1 Å². The molecule has 5 heteroatoms. The molecule has 0 unspecified atom stereocenters. The monoisotopic (exact) mass is 254 g/mol. The summed E-state index contributed by atoms with van der Waals surface area (Å²) in [6.45, 7) is 0. The highest BCUT2D eigenvalue weighted by molar-refractivity contribution is 9.09. The molecule has 0 aliphatic rings. The molecule has 0 aliphatic heterocycles. The van der Waals surface area contributed by atoms with E-state index in [4.69, 9.17) is 4.74 Å². The van der Waals surface area contributed by atoms with E-state index >= 15 is 0 Å². The molecule has 13 heavy (non-hydrogen) atoms. The quantitative estimate of drug-likeness (QED) is 0.735. The van der Waals surface area contributed by atoms with E-state index in [-0.39, 0.29) is 11.3 Å². The van der Waals surface area contributed by atoms with Gasteiger partial charge in [0.25, 0.3) is 0 Å². The molecule has 0 aliphatic carbocycles. The molecule has 0 saturated heterocycles. The van der Waals surface area contributed by atoms with Gasteiger partial charge >= 0.3 is 6.18 Å². The minimum atomic E-state index is -4.31. The van der Waals surface area contributed by atoms with Gasteiger partial charge in [-0.25, -0.2) is 0 Å². The molecule has 0 saturated carbocycles. The zero-order valence-electron chi connectivity index (χ0n) is 6.44. The third kappa shape index (κ3) is 2.91. The molecule has 0 atom stereocenters. The molecule has 0 amide bonds. The maximum Gasteiger partial charge on any atom is 0.416 e. The Morgan fingerprint density at radius 3 is 2.54 bits per heavy atom. The van der Waals surface area contributed by atoms with Gasteiger partial charge in [0.1, 0.15) is 11.3 Å². The molecule has 1 aromatic rings. The summed E-state index contributed by atoms with van der Waals surface area (Å²) in [6.07, 6.45) is -4.31. The summed E-state index contributed by atoms with van der Waals surface area (Å²) < 4.78 is 41.3. The zero-order valence-corrected chi connectivity index (χ0v) is 8.02.